The Balaban J connectivity index is 1.77. The number of anilines is 2. The summed E-state index contributed by atoms with van der Waals surface area (Å²) in [6.07, 6.45) is 1.70. The molecule has 2 aliphatic rings. The summed E-state index contributed by atoms with van der Waals surface area (Å²) in [4.78, 5) is 6.57. The van der Waals surface area contributed by atoms with Gasteiger partial charge < -0.3 is 15.0 Å². The zero-order valence-electron chi connectivity index (χ0n) is 10.7. The highest BCUT2D eigenvalue weighted by atomic mass is 16.5. The van der Waals surface area contributed by atoms with Gasteiger partial charge in [0, 0.05) is 6.20 Å². The van der Waals surface area contributed by atoms with Gasteiger partial charge in [-0.3, -0.25) is 4.98 Å². The summed E-state index contributed by atoms with van der Waals surface area (Å²) in [6, 6.07) is 11.7. The Bertz CT molecular complexity index is 708. The number of hydrogen-bond donors (Lipinski definition) is 1. The maximum absolute atomic E-state index is 9.14. The van der Waals surface area contributed by atoms with Crippen LogP contribution >= 0.6 is 0 Å². The smallest absolute Gasteiger partial charge is 0.158 e. The SMILES string of the molecule is N#Cc1ccc2c3c1NCN3CC(c1ccccn1)O2. The highest BCUT2D eigenvalue weighted by molar-refractivity contribution is 5.86. The van der Waals surface area contributed by atoms with Crippen molar-refractivity contribution in [1.29, 1.82) is 5.26 Å². The van der Waals surface area contributed by atoms with Crippen LogP contribution in [0.2, 0.25) is 0 Å². The fourth-order valence-corrected chi connectivity index (χ4v) is 2.77. The maximum atomic E-state index is 9.14. The highest BCUT2D eigenvalue weighted by Crippen LogP contribution is 2.47. The van der Waals surface area contributed by atoms with Crippen LogP contribution in [-0.2, 0) is 0 Å². The molecule has 4 rings (SSSR count). The van der Waals surface area contributed by atoms with Gasteiger partial charge in [0.1, 0.15) is 17.5 Å². The fraction of sp³-hybridized carbons (Fsp3) is 0.200. The Kier molecular flexibility index (Phi) is 2.30. The Morgan fingerprint density at radius 1 is 1.35 bits per heavy atom. The quantitative estimate of drug-likeness (QED) is 0.856. The normalized spacial score (nSPS) is 18.8. The summed E-state index contributed by atoms with van der Waals surface area (Å²) in [5.74, 6) is 0.811. The van der Waals surface area contributed by atoms with E-state index in [1.165, 1.54) is 0 Å². The van der Waals surface area contributed by atoms with Gasteiger partial charge in [0.05, 0.1) is 30.2 Å². The third-order valence-corrected chi connectivity index (χ3v) is 3.70. The summed E-state index contributed by atoms with van der Waals surface area (Å²) in [5, 5.41) is 12.4. The Labute approximate surface area is 116 Å². The second-order valence-corrected chi connectivity index (χ2v) is 4.87. The van der Waals surface area contributed by atoms with Crippen LogP contribution in [0.5, 0.6) is 5.75 Å². The molecule has 1 atom stereocenters. The average molecular weight is 264 g/mol. The lowest BCUT2D eigenvalue weighted by Gasteiger charge is -2.32. The molecule has 2 aliphatic heterocycles. The van der Waals surface area contributed by atoms with Crippen molar-refractivity contribution in [2.75, 3.05) is 23.4 Å². The number of nitrogens with one attached hydrogen (secondary N) is 1. The van der Waals surface area contributed by atoms with Gasteiger partial charge in [-0.05, 0) is 24.3 Å². The zero-order valence-corrected chi connectivity index (χ0v) is 10.7. The molecule has 3 heterocycles. The van der Waals surface area contributed by atoms with E-state index in [2.05, 4.69) is 21.3 Å². The van der Waals surface area contributed by atoms with E-state index in [-0.39, 0.29) is 6.10 Å². The molecule has 1 aromatic carbocycles. The third-order valence-electron chi connectivity index (χ3n) is 3.70. The summed E-state index contributed by atoms with van der Waals surface area (Å²) >= 11 is 0. The number of pyridine rings is 1. The first-order valence-electron chi connectivity index (χ1n) is 6.50. The van der Waals surface area contributed by atoms with Gasteiger partial charge in [0.25, 0.3) is 0 Å². The molecule has 0 radical (unpaired) electrons. The molecule has 2 aromatic rings. The number of benzene rings is 1. The van der Waals surface area contributed by atoms with Crippen LogP contribution < -0.4 is 15.0 Å². The van der Waals surface area contributed by atoms with Crippen molar-refractivity contribution < 1.29 is 4.74 Å². The first-order valence-corrected chi connectivity index (χ1v) is 6.50. The van der Waals surface area contributed by atoms with Crippen molar-refractivity contribution in [3.8, 4) is 11.8 Å². The highest BCUT2D eigenvalue weighted by Gasteiger charge is 2.34. The number of rotatable bonds is 1. The molecular formula is C15H12N4O. The molecule has 1 aromatic heterocycles. The fourth-order valence-electron chi connectivity index (χ4n) is 2.77. The van der Waals surface area contributed by atoms with Crippen LogP contribution in [0.25, 0.3) is 0 Å². The van der Waals surface area contributed by atoms with E-state index in [4.69, 9.17) is 10.00 Å². The van der Waals surface area contributed by atoms with Crippen LogP contribution in [-0.4, -0.2) is 18.2 Å². The molecule has 0 spiro atoms. The van der Waals surface area contributed by atoms with Gasteiger partial charge >= 0.3 is 0 Å². The molecule has 0 bridgehead atoms. The standard InChI is InChI=1S/C15H12N4O/c16-7-10-4-5-12-15-14(10)18-9-19(15)8-13(20-12)11-3-1-2-6-17-11/h1-6,13,18H,8-9H2. The molecule has 1 N–H and O–H groups in total. The summed E-state index contributed by atoms with van der Waals surface area (Å²) < 4.78 is 6.06. The minimum atomic E-state index is -0.0793. The number of ether oxygens (including phenoxy) is 1. The number of hydrogen-bond acceptors (Lipinski definition) is 5. The lowest BCUT2D eigenvalue weighted by molar-refractivity contribution is 0.195. The molecular weight excluding hydrogens is 252 g/mol. The monoisotopic (exact) mass is 264 g/mol. The second-order valence-electron chi connectivity index (χ2n) is 4.87. The predicted octanol–water partition coefficient (Wildman–Crippen LogP) is 2.28. The molecule has 0 aliphatic carbocycles. The Hall–Kier alpha value is -2.74. The van der Waals surface area contributed by atoms with Crippen molar-refractivity contribution in [3.63, 3.8) is 0 Å². The second kappa shape index (κ2) is 4.14. The molecule has 0 saturated carbocycles. The van der Waals surface area contributed by atoms with E-state index in [1.807, 2.05) is 24.3 Å². The molecule has 5 heteroatoms. The first-order chi connectivity index (χ1) is 9.86. The topological polar surface area (TPSA) is 61.2 Å². The van der Waals surface area contributed by atoms with Crippen LogP contribution in [0.1, 0.15) is 17.4 Å². The number of nitrogens with zero attached hydrogens (tertiary/aromatic N) is 3. The van der Waals surface area contributed by atoms with E-state index >= 15 is 0 Å². The summed E-state index contributed by atoms with van der Waals surface area (Å²) in [5.41, 5.74) is 3.46. The lowest BCUT2D eigenvalue weighted by Crippen LogP contribution is -2.34. The van der Waals surface area contributed by atoms with E-state index in [0.29, 0.717) is 12.2 Å². The van der Waals surface area contributed by atoms with Gasteiger partial charge in [-0.25, -0.2) is 0 Å². The third kappa shape index (κ3) is 1.51. The van der Waals surface area contributed by atoms with Gasteiger partial charge in [0.15, 0.2) is 6.10 Å². The van der Waals surface area contributed by atoms with Gasteiger partial charge in [-0.15, -0.1) is 0 Å². The average Bonchev–Trinajstić information content (AvgIpc) is 2.94. The van der Waals surface area contributed by atoms with E-state index < -0.39 is 0 Å². The molecule has 1 unspecified atom stereocenters. The van der Waals surface area contributed by atoms with E-state index in [1.54, 1.807) is 12.3 Å². The lowest BCUT2D eigenvalue weighted by atomic mass is 10.1. The summed E-state index contributed by atoms with van der Waals surface area (Å²) in [6.45, 7) is 1.44. The Morgan fingerprint density at radius 2 is 2.30 bits per heavy atom. The molecule has 0 amide bonds. The molecule has 5 nitrogen and oxygen atoms in total. The van der Waals surface area contributed by atoms with Crippen LogP contribution in [0.3, 0.4) is 0 Å². The Morgan fingerprint density at radius 3 is 3.10 bits per heavy atom. The molecule has 20 heavy (non-hydrogen) atoms. The van der Waals surface area contributed by atoms with Crippen molar-refractivity contribution in [3.05, 3.63) is 47.8 Å². The van der Waals surface area contributed by atoms with Gasteiger partial charge in [0.2, 0.25) is 0 Å². The van der Waals surface area contributed by atoms with Crippen LogP contribution in [0.15, 0.2) is 36.5 Å². The maximum Gasteiger partial charge on any atom is 0.158 e. The van der Waals surface area contributed by atoms with Gasteiger partial charge in [-0.2, -0.15) is 5.26 Å². The van der Waals surface area contributed by atoms with E-state index in [0.717, 1.165) is 29.4 Å². The van der Waals surface area contributed by atoms with Crippen molar-refractivity contribution in [2.24, 2.45) is 0 Å². The number of aromatic nitrogens is 1. The van der Waals surface area contributed by atoms with Crippen molar-refractivity contribution in [1.82, 2.24) is 4.98 Å². The largest absolute Gasteiger partial charge is 0.480 e. The van der Waals surface area contributed by atoms with Crippen LogP contribution in [0, 0.1) is 11.3 Å². The van der Waals surface area contributed by atoms with Crippen molar-refractivity contribution in [2.45, 2.75) is 6.10 Å². The minimum absolute atomic E-state index is 0.0793. The van der Waals surface area contributed by atoms with Crippen LogP contribution in [0.4, 0.5) is 11.4 Å². The molecule has 98 valence electrons. The molecule has 0 fully saturated rings. The summed E-state index contributed by atoms with van der Waals surface area (Å²) in [7, 11) is 0. The zero-order chi connectivity index (χ0) is 13.5. The molecule has 0 saturated heterocycles. The van der Waals surface area contributed by atoms with E-state index in [9.17, 15) is 0 Å². The first kappa shape index (κ1) is 11.1. The number of nitriles is 1. The van der Waals surface area contributed by atoms with Gasteiger partial charge in [-0.1, -0.05) is 6.07 Å². The minimum Gasteiger partial charge on any atom is -0.480 e. The predicted molar refractivity (Wildman–Crippen MR) is 74.6 cm³/mol. The van der Waals surface area contributed by atoms with Crippen molar-refractivity contribution >= 4 is 11.4 Å².